The summed E-state index contributed by atoms with van der Waals surface area (Å²) in [5, 5.41) is 6.75. The van der Waals surface area contributed by atoms with Crippen LogP contribution in [0.15, 0.2) is 17.1 Å². The van der Waals surface area contributed by atoms with Gasteiger partial charge in [-0.05, 0) is 26.0 Å². The number of halogens is 1. The topological polar surface area (TPSA) is 64.1 Å². The van der Waals surface area contributed by atoms with Gasteiger partial charge in [-0.2, -0.15) is 0 Å². The summed E-state index contributed by atoms with van der Waals surface area (Å²) in [5.74, 6) is 2.67. The van der Waals surface area contributed by atoms with Crippen LogP contribution < -0.4 is 20.1 Å². The maximum atomic E-state index is 5.88. The first-order valence-electron chi connectivity index (χ1n) is 9.00. The molecule has 2 heterocycles. The summed E-state index contributed by atoms with van der Waals surface area (Å²) >= 11 is 0. The van der Waals surface area contributed by atoms with Gasteiger partial charge in [-0.15, -0.1) is 24.0 Å². The summed E-state index contributed by atoms with van der Waals surface area (Å²) in [5.41, 5.74) is 2.50. The monoisotopic (exact) mass is 475 g/mol. The maximum absolute atomic E-state index is 5.88. The number of guanidine groups is 1. The third-order valence-electron chi connectivity index (χ3n) is 4.63. The molecule has 0 aliphatic carbocycles. The van der Waals surface area contributed by atoms with Crippen molar-refractivity contribution in [3.8, 4) is 11.5 Å². The van der Waals surface area contributed by atoms with E-state index < -0.39 is 0 Å². The number of fused-ring (bicyclic) bond motifs is 1. The Bertz CT molecular complexity index is 647. The summed E-state index contributed by atoms with van der Waals surface area (Å²) in [6.45, 7) is 10.0. The highest BCUT2D eigenvalue weighted by Gasteiger charge is 2.33. The standard InChI is InChI=1S/C19H29N3O3.HI/c1-5-24-16-7-14-6-13(2)25-17(14)8-15(16)9-21-18(20-4)22-10-19(3)11-23-12-19;/h7-8,13H,5-6,9-12H2,1-4H3,(H2,20,21,22);1H. The minimum Gasteiger partial charge on any atom is -0.494 e. The Morgan fingerprint density at radius 3 is 2.73 bits per heavy atom. The van der Waals surface area contributed by atoms with Crippen LogP contribution in [0, 0.1) is 5.41 Å². The smallest absolute Gasteiger partial charge is 0.191 e. The lowest BCUT2D eigenvalue weighted by Crippen LogP contribution is -2.50. The Balaban J connectivity index is 0.00000243. The highest BCUT2D eigenvalue weighted by atomic mass is 127. The summed E-state index contributed by atoms with van der Waals surface area (Å²) in [6, 6.07) is 4.20. The largest absolute Gasteiger partial charge is 0.494 e. The summed E-state index contributed by atoms with van der Waals surface area (Å²) in [4.78, 5) is 4.31. The second-order valence-corrected chi connectivity index (χ2v) is 7.22. The normalized spacial score (nSPS) is 20.3. The molecule has 1 saturated heterocycles. The minimum atomic E-state index is 0. The Kier molecular flexibility index (Phi) is 7.40. The molecule has 1 atom stereocenters. The molecule has 0 radical (unpaired) electrons. The number of nitrogens with one attached hydrogen (secondary N) is 2. The van der Waals surface area contributed by atoms with E-state index >= 15 is 0 Å². The lowest BCUT2D eigenvalue weighted by atomic mass is 9.89. The zero-order chi connectivity index (χ0) is 17.9. The van der Waals surface area contributed by atoms with Gasteiger partial charge in [0.1, 0.15) is 17.6 Å². The van der Waals surface area contributed by atoms with Crippen molar-refractivity contribution in [3.05, 3.63) is 23.3 Å². The molecule has 6 nitrogen and oxygen atoms in total. The molecule has 1 aromatic carbocycles. The van der Waals surface area contributed by atoms with Crippen molar-refractivity contribution in [2.75, 3.05) is 33.4 Å². The van der Waals surface area contributed by atoms with Crippen LogP contribution in [0.3, 0.4) is 0 Å². The van der Waals surface area contributed by atoms with Crippen molar-refractivity contribution >= 4 is 29.9 Å². The molecule has 146 valence electrons. The van der Waals surface area contributed by atoms with Crippen molar-refractivity contribution in [2.45, 2.75) is 39.8 Å². The number of hydrogen-bond donors (Lipinski definition) is 2. The molecule has 2 aliphatic heterocycles. The molecule has 1 unspecified atom stereocenters. The lowest BCUT2D eigenvalue weighted by Gasteiger charge is -2.38. The van der Waals surface area contributed by atoms with E-state index in [0.29, 0.717) is 13.2 Å². The predicted octanol–water partition coefficient (Wildman–Crippen LogP) is 2.73. The van der Waals surface area contributed by atoms with Crippen molar-refractivity contribution in [3.63, 3.8) is 0 Å². The van der Waals surface area contributed by atoms with Gasteiger partial charge in [0.15, 0.2) is 5.96 Å². The second kappa shape index (κ2) is 9.12. The average Bonchev–Trinajstić information content (AvgIpc) is 2.92. The molecule has 0 amide bonds. The van der Waals surface area contributed by atoms with Gasteiger partial charge < -0.3 is 24.8 Å². The quantitative estimate of drug-likeness (QED) is 0.377. The lowest BCUT2D eigenvalue weighted by molar-refractivity contribution is -0.0971. The zero-order valence-electron chi connectivity index (χ0n) is 16.1. The van der Waals surface area contributed by atoms with Crippen LogP contribution in [0.25, 0.3) is 0 Å². The summed E-state index contributed by atoms with van der Waals surface area (Å²) in [7, 11) is 1.78. The third-order valence-corrected chi connectivity index (χ3v) is 4.63. The van der Waals surface area contributed by atoms with Crippen molar-refractivity contribution < 1.29 is 14.2 Å². The minimum absolute atomic E-state index is 0. The van der Waals surface area contributed by atoms with E-state index in [9.17, 15) is 0 Å². The molecular weight excluding hydrogens is 445 g/mol. The predicted molar refractivity (Wildman–Crippen MR) is 114 cm³/mol. The van der Waals surface area contributed by atoms with E-state index in [-0.39, 0.29) is 35.5 Å². The molecule has 0 bridgehead atoms. The van der Waals surface area contributed by atoms with Crippen LogP contribution in [-0.2, 0) is 17.7 Å². The van der Waals surface area contributed by atoms with Crippen molar-refractivity contribution in [2.24, 2.45) is 10.4 Å². The van der Waals surface area contributed by atoms with E-state index in [1.165, 1.54) is 5.56 Å². The molecule has 0 saturated carbocycles. The van der Waals surface area contributed by atoms with Crippen LogP contribution in [0.4, 0.5) is 0 Å². The summed E-state index contributed by atoms with van der Waals surface area (Å²) < 4.78 is 17.0. The van der Waals surface area contributed by atoms with Gasteiger partial charge in [0.2, 0.25) is 0 Å². The van der Waals surface area contributed by atoms with E-state index in [1.807, 2.05) is 6.92 Å². The fourth-order valence-electron chi connectivity index (χ4n) is 3.16. The highest BCUT2D eigenvalue weighted by molar-refractivity contribution is 14.0. The van der Waals surface area contributed by atoms with Crippen LogP contribution >= 0.6 is 24.0 Å². The number of hydrogen-bond acceptors (Lipinski definition) is 4. The van der Waals surface area contributed by atoms with Crippen LogP contribution in [-0.4, -0.2) is 45.5 Å². The molecule has 2 N–H and O–H groups in total. The van der Waals surface area contributed by atoms with Gasteiger partial charge in [0.25, 0.3) is 0 Å². The first-order chi connectivity index (χ1) is 12.0. The molecule has 3 rings (SSSR count). The number of rotatable bonds is 6. The van der Waals surface area contributed by atoms with Crippen LogP contribution in [0.5, 0.6) is 11.5 Å². The SMILES string of the molecule is CCOc1cc2c(cc1CNC(=NC)NCC1(C)COC1)OC(C)C2.I. The van der Waals surface area contributed by atoms with Crippen LogP contribution in [0.1, 0.15) is 31.9 Å². The Labute approximate surface area is 173 Å². The van der Waals surface area contributed by atoms with Crippen molar-refractivity contribution in [1.29, 1.82) is 0 Å². The average molecular weight is 475 g/mol. The number of benzene rings is 1. The van der Waals surface area contributed by atoms with Gasteiger partial charge in [0.05, 0.1) is 19.8 Å². The first-order valence-corrected chi connectivity index (χ1v) is 9.00. The van der Waals surface area contributed by atoms with Gasteiger partial charge in [-0.1, -0.05) is 6.92 Å². The van der Waals surface area contributed by atoms with E-state index in [2.05, 4.69) is 41.6 Å². The van der Waals surface area contributed by atoms with E-state index in [0.717, 1.165) is 49.2 Å². The maximum Gasteiger partial charge on any atom is 0.191 e. The molecule has 7 heteroatoms. The number of ether oxygens (including phenoxy) is 3. The first kappa shape index (κ1) is 21.1. The van der Waals surface area contributed by atoms with E-state index in [1.54, 1.807) is 7.05 Å². The molecule has 26 heavy (non-hydrogen) atoms. The van der Waals surface area contributed by atoms with E-state index in [4.69, 9.17) is 14.2 Å². The van der Waals surface area contributed by atoms with Gasteiger partial charge in [0, 0.05) is 43.1 Å². The van der Waals surface area contributed by atoms with Crippen molar-refractivity contribution in [1.82, 2.24) is 10.6 Å². The summed E-state index contributed by atoms with van der Waals surface area (Å²) in [6.07, 6.45) is 1.17. The highest BCUT2D eigenvalue weighted by Crippen LogP contribution is 2.35. The van der Waals surface area contributed by atoms with Gasteiger partial charge >= 0.3 is 0 Å². The Morgan fingerprint density at radius 1 is 1.35 bits per heavy atom. The fraction of sp³-hybridized carbons (Fsp3) is 0.632. The molecule has 2 aliphatic rings. The second-order valence-electron chi connectivity index (χ2n) is 7.22. The molecule has 0 aromatic heterocycles. The number of aliphatic imine (C=N–C) groups is 1. The number of nitrogens with zero attached hydrogens (tertiary/aromatic N) is 1. The third kappa shape index (κ3) is 4.94. The van der Waals surface area contributed by atoms with Crippen LogP contribution in [0.2, 0.25) is 0 Å². The van der Waals surface area contributed by atoms with Gasteiger partial charge in [-0.25, -0.2) is 0 Å². The Hall–Kier alpha value is -1.22. The molecular formula is C19H30IN3O3. The Morgan fingerprint density at radius 2 is 2.12 bits per heavy atom. The fourth-order valence-corrected chi connectivity index (χ4v) is 3.16. The molecule has 1 aromatic rings. The zero-order valence-corrected chi connectivity index (χ0v) is 18.4. The van der Waals surface area contributed by atoms with Gasteiger partial charge in [-0.3, -0.25) is 4.99 Å². The molecule has 1 fully saturated rings. The molecule has 0 spiro atoms.